The molecule has 0 unspecified atom stereocenters. The lowest BCUT2D eigenvalue weighted by molar-refractivity contribution is -0.139. The third-order valence-corrected chi connectivity index (χ3v) is 3.06. The molecular weight excluding hydrogens is 297 g/mol. The van der Waals surface area contributed by atoms with Crippen molar-refractivity contribution in [1.29, 1.82) is 0 Å². The van der Waals surface area contributed by atoms with Crippen LogP contribution in [0.5, 0.6) is 0 Å². The molecule has 21 heavy (non-hydrogen) atoms. The number of benzene rings is 2. The van der Waals surface area contributed by atoms with Crippen LogP contribution in [0, 0.1) is 5.82 Å². The van der Waals surface area contributed by atoms with Gasteiger partial charge in [-0.3, -0.25) is 4.79 Å². The van der Waals surface area contributed by atoms with E-state index in [1.54, 1.807) is 30.3 Å². The Hall–Kier alpha value is -2.40. The van der Waals surface area contributed by atoms with Crippen LogP contribution in [0.2, 0.25) is 5.02 Å². The molecule has 2 aromatic carbocycles. The van der Waals surface area contributed by atoms with E-state index in [0.717, 1.165) is 12.1 Å². The Morgan fingerprint density at radius 1 is 1.14 bits per heavy atom. The Morgan fingerprint density at radius 2 is 1.81 bits per heavy atom. The number of amides is 1. The van der Waals surface area contributed by atoms with Crippen molar-refractivity contribution in [2.24, 2.45) is 0 Å². The van der Waals surface area contributed by atoms with Crippen LogP contribution in [0.25, 0.3) is 0 Å². The number of hydrogen-bond acceptors (Lipinski definition) is 2. The highest BCUT2D eigenvalue weighted by Gasteiger charge is 2.23. The van der Waals surface area contributed by atoms with Gasteiger partial charge in [-0.15, -0.1) is 0 Å². The third-order valence-electron chi connectivity index (χ3n) is 2.83. The molecule has 1 amide bonds. The van der Waals surface area contributed by atoms with Gasteiger partial charge in [0.15, 0.2) is 6.04 Å². The Kier molecular flexibility index (Phi) is 4.55. The molecule has 0 fully saturated rings. The second-order valence-electron chi connectivity index (χ2n) is 4.28. The van der Waals surface area contributed by atoms with E-state index in [0.29, 0.717) is 5.56 Å². The second-order valence-corrected chi connectivity index (χ2v) is 4.72. The highest BCUT2D eigenvalue weighted by Crippen LogP contribution is 2.18. The fraction of sp³-hybridized carbons (Fsp3) is 0.0667. The Balaban J connectivity index is 2.27. The van der Waals surface area contributed by atoms with E-state index in [1.807, 2.05) is 0 Å². The molecule has 0 aliphatic carbocycles. The first-order valence-corrected chi connectivity index (χ1v) is 6.40. The molecule has 0 aromatic heterocycles. The quantitative estimate of drug-likeness (QED) is 0.912. The van der Waals surface area contributed by atoms with Gasteiger partial charge in [0.2, 0.25) is 0 Å². The minimum atomic E-state index is -1.27. The van der Waals surface area contributed by atoms with Gasteiger partial charge in [-0.1, -0.05) is 41.9 Å². The van der Waals surface area contributed by atoms with Gasteiger partial charge in [0.25, 0.3) is 5.91 Å². The molecule has 0 bridgehead atoms. The number of aliphatic carboxylic acids is 1. The number of rotatable bonds is 4. The normalized spacial score (nSPS) is 11.7. The van der Waals surface area contributed by atoms with Gasteiger partial charge in [-0.2, -0.15) is 0 Å². The monoisotopic (exact) mass is 307 g/mol. The van der Waals surface area contributed by atoms with Crippen LogP contribution in [0.1, 0.15) is 22.0 Å². The van der Waals surface area contributed by atoms with Crippen molar-refractivity contribution >= 4 is 23.5 Å². The first-order chi connectivity index (χ1) is 9.99. The van der Waals surface area contributed by atoms with Gasteiger partial charge in [-0.25, -0.2) is 9.18 Å². The molecule has 2 N–H and O–H groups in total. The minimum Gasteiger partial charge on any atom is -0.479 e. The maximum atomic E-state index is 13.6. The zero-order valence-electron chi connectivity index (χ0n) is 10.7. The van der Waals surface area contributed by atoms with E-state index in [-0.39, 0.29) is 10.6 Å². The van der Waals surface area contributed by atoms with E-state index in [9.17, 15) is 19.1 Å². The molecule has 1 atom stereocenters. The van der Waals surface area contributed by atoms with E-state index < -0.39 is 23.7 Å². The minimum absolute atomic E-state index is 0.188. The molecule has 0 spiro atoms. The van der Waals surface area contributed by atoms with Gasteiger partial charge in [0, 0.05) is 5.02 Å². The standard InChI is InChI=1S/C15H11ClFNO3/c16-10-6-7-12(17)11(8-10)14(19)18-13(15(20)21)9-4-2-1-3-5-9/h1-8,13H,(H,18,19)(H,20,21)/t13-/m1/s1. The summed E-state index contributed by atoms with van der Waals surface area (Å²) in [4.78, 5) is 23.3. The molecule has 2 aromatic rings. The van der Waals surface area contributed by atoms with Gasteiger partial charge >= 0.3 is 5.97 Å². The zero-order valence-corrected chi connectivity index (χ0v) is 11.5. The number of nitrogens with one attached hydrogen (secondary N) is 1. The molecule has 108 valence electrons. The van der Waals surface area contributed by atoms with Gasteiger partial charge in [-0.05, 0) is 23.8 Å². The highest BCUT2D eigenvalue weighted by molar-refractivity contribution is 6.31. The molecular formula is C15H11ClFNO3. The van der Waals surface area contributed by atoms with E-state index in [1.165, 1.54) is 6.07 Å². The molecule has 6 heteroatoms. The van der Waals surface area contributed by atoms with Crippen molar-refractivity contribution in [3.05, 3.63) is 70.5 Å². The van der Waals surface area contributed by atoms with Crippen molar-refractivity contribution in [3.8, 4) is 0 Å². The smallest absolute Gasteiger partial charge is 0.330 e. The third kappa shape index (κ3) is 3.58. The lowest BCUT2D eigenvalue weighted by Crippen LogP contribution is -2.34. The molecule has 0 radical (unpaired) electrons. The molecule has 0 heterocycles. The summed E-state index contributed by atoms with van der Waals surface area (Å²) in [6.45, 7) is 0. The van der Waals surface area contributed by atoms with Crippen LogP contribution in [-0.4, -0.2) is 17.0 Å². The summed E-state index contributed by atoms with van der Waals surface area (Å²) in [5, 5.41) is 11.7. The number of halogens is 2. The van der Waals surface area contributed by atoms with Gasteiger partial charge < -0.3 is 10.4 Å². The zero-order chi connectivity index (χ0) is 15.4. The summed E-state index contributed by atoms with van der Waals surface area (Å²) in [6, 6.07) is 10.4. The predicted octanol–water partition coefficient (Wildman–Crippen LogP) is 3.03. The van der Waals surface area contributed by atoms with E-state index in [4.69, 9.17) is 11.6 Å². The Bertz CT molecular complexity index is 676. The summed E-state index contributed by atoms with van der Waals surface area (Å²) in [7, 11) is 0. The predicted molar refractivity (Wildman–Crippen MR) is 75.7 cm³/mol. The number of hydrogen-bond donors (Lipinski definition) is 2. The first-order valence-electron chi connectivity index (χ1n) is 6.02. The van der Waals surface area contributed by atoms with Crippen molar-refractivity contribution in [2.75, 3.05) is 0 Å². The number of carbonyl (C=O) groups is 2. The lowest BCUT2D eigenvalue weighted by Gasteiger charge is -2.15. The summed E-state index contributed by atoms with van der Waals surface area (Å²) in [6.07, 6.45) is 0. The first kappa shape index (κ1) is 15.0. The van der Waals surface area contributed by atoms with E-state index >= 15 is 0 Å². The fourth-order valence-electron chi connectivity index (χ4n) is 1.81. The molecule has 0 saturated carbocycles. The average Bonchev–Trinajstić information content (AvgIpc) is 2.47. The Labute approximate surface area is 125 Å². The summed E-state index contributed by atoms with van der Waals surface area (Å²) in [5.41, 5.74) is 0.0884. The van der Waals surface area contributed by atoms with Crippen molar-refractivity contribution in [3.63, 3.8) is 0 Å². The van der Waals surface area contributed by atoms with Gasteiger partial charge in [0.1, 0.15) is 5.82 Å². The van der Waals surface area contributed by atoms with Crippen LogP contribution in [0.15, 0.2) is 48.5 Å². The molecule has 0 aliphatic heterocycles. The average molecular weight is 308 g/mol. The topological polar surface area (TPSA) is 66.4 Å². The van der Waals surface area contributed by atoms with Crippen LogP contribution < -0.4 is 5.32 Å². The van der Waals surface area contributed by atoms with Gasteiger partial charge in [0.05, 0.1) is 5.56 Å². The lowest BCUT2D eigenvalue weighted by atomic mass is 10.1. The molecule has 2 rings (SSSR count). The molecule has 0 aliphatic rings. The molecule has 0 saturated heterocycles. The summed E-state index contributed by atoms with van der Waals surface area (Å²) in [5.74, 6) is -2.85. The number of carboxylic acids is 1. The summed E-state index contributed by atoms with van der Waals surface area (Å²) < 4.78 is 13.6. The maximum Gasteiger partial charge on any atom is 0.330 e. The Morgan fingerprint density at radius 3 is 2.43 bits per heavy atom. The van der Waals surface area contributed by atoms with E-state index in [2.05, 4.69) is 5.32 Å². The van der Waals surface area contributed by atoms with Crippen LogP contribution in [0.3, 0.4) is 0 Å². The van der Waals surface area contributed by atoms with Crippen molar-refractivity contribution in [2.45, 2.75) is 6.04 Å². The largest absolute Gasteiger partial charge is 0.479 e. The van der Waals surface area contributed by atoms with Crippen molar-refractivity contribution < 1.29 is 19.1 Å². The van der Waals surface area contributed by atoms with Crippen LogP contribution >= 0.6 is 11.6 Å². The highest BCUT2D eigenvalue weighted by atomic mass is 35.5. The summed E-state index contributed by atoms with van der Waals surface area (Å²) >= 11 is 5.71. The fourth-order valence-corrected chi connectivity index (χ4v) is 1.99. The van der Waals surface area contributed by atoms with Crippen molar-refractivity contribution in [1.82, 2.24) is 5.32 Å². The SMILES string of the molecule is O=C(N[C@@H](C(=O)O)c1ccccc1)c1cc(Cl)ccc1F. The van der Waals surface area contributed by atoms with Crippen LogP contribution in [-0.2, 0) is 4.79 Å². The number of carbonyl (C=O) groups excluding carboxylic acids is 1. The number of carboxylic acid groups (broad SMARTS) is 1. The maximum absolute atomic E-state index is 13.6. The van der Waals surface area contributed by atoms with Crippen LogP contribution in [0.4, 0.5) is 4.39 Å². The second kappa shape index (κ2) is 6.37. The molecule has 4 nitrogen and oxygen atoms in total.